The van der Waals surface area contributed by atoms with Gasteiger partial charge in [-0.25, -0.2) is 0 Å². The Hall–Kier alpha value is -2.45. The highest BCUT2D eigenvalue weighted by atomic mass is 15.1. The van der Waals surface area contributed by atoms with Gasteiger partial charge < -0.3 is 0 Å². The lowest BCUT2D eigenvalue weighted by Gasteiger charge is -2.21. The first-order valence-electron chi connectivity index (χ1n) is 10.3. The van der Waals surface area contributed by atoms with Crippen molar-refractivity contribution in [2.45, 2.75) is 53.6 Å². The van der Waals surface area contributed by atoms with Gasteiger partial charge in [-0.05, 0) is 67.6 Å². The molecular weight excluding hydrogens is 340 g/mol. The summed E-state index contributed by atoms with van der Waals surface area (Å²) in [6, 6.07) is 19.6. The van der Waals surface area contributed by atoms with Gasteiger partial charge in [0.05, 0.1) is 5.69 Å². The number of hydrogen-bond donors (Lipinski definition) is 0. The van der Waals surface area contributed by atoms with Crippen molar-refractivity contribution in [3.8, 4) is 11.3 Å². The molecule has 0 aliphatic rings. The average molecular weight is 373 g/mol. The Morgan fingerprint density at radius 1 is 0.821 bits per heavy atom. The lowest BCUT2D eigenvalue weighted by atomic mass is 9.93. The number of benzene rings is 2. The molecule has 3 aromatic rings. The number of pyridine rings is 1. The van der Waals surface area contributed by atoms with Gasteiger partial charge >= 0.3 is 0 Å². The number of rotatable bonds is 7. The second-order valence-corrected chi connectivity index (χ2v) is 7.70. The monoisotopic (exact) mass is 372 g/mol. The summed E-state index contributed by atoms with van der Waals surface area (Å²) in [5.74, 6) is 0. The summed E-state index contributed by atoms with van der Waals surface area (Å²) in [7, 11) is 2.18. The highest BCUT2D eigenvalue weighted by molar-refractivity contribution is 5.69. The Bertz CT molecular complexity index is 883. The highest BCUT2D eigenvalue weighted by Gasteiger charge is 2.15. The van der Waals surface area contributed by atoms with Crippen LogP contribution in [0.25, 0.3) is 11.3 Å². The van der Waals surface area contributed by atoms with E-state index in [1.807, 2.05) is 0 Å². The average Bonchev–Trinajstić information content (AvgIpc) is 2.70. The van der Waals surface area contributed by atoms with E-state index in [0.717, 1.165) is 37.3 Å². The Morgan fingerprint density at radius 2 is 1.46 bits per heavy atom. The first-order chi connectivity index (χ1) is 13.5. The molecule has 0 bridgehead atoms. The maximum Gasteiger partial charge on any atom is 0.0713 e. The minimum absolute atomic E-state index is 0.913. The second-order valence-electron chi connectivity index (χ2n) is 7.70. The Morgan fingerprint density at radius 3 is 2.04 bits per heavy atom. The molecule has 0 amide bonds. The predicted octanol–water partition coefficient (Wildman–Crippen LogP) is 6.12. The zero-order valence-corrected chi connectivity index (χ0v) is 17.9. The van der Waals surface area contributed by atoms with E-state index in [0.29, 0.717) is 0 Å². The minimum atomic E-state index is 0.913. The molecule has 0 saturated carbocycles. The van der Waals surface area contributed by atoms with Crippen molar-refractivity contribution in [1.82, 2.24) is 9.88 Å². The maximum absolute atomic E-state index is 5.05. The molecule has 0 aliphatic carbocycles. The molecule has 146 valence electrons. The zero-order valence-electron chi connectivity index (χ0n) is 17.9. The Labute approximate surface area is 170 Å². The fraction of sp³-hybridized carbons (Fsp3) is 0.346. The standard InChI is InChI=1S/C26H32N2/c1-6-22-14-11-15-23(7-2)26(22)25-16-19(3)24(20(4)27-25)18-28(5)17-21-12-9-8-10-13-21/h8-16H,6-7,17-18H2,1-5H3. The summed E-state index contributed by atoms with van der Waals surface area (Å²) in [6.45, 7) is 10.7. The van der Waals surface area contributed by atoms with Crippen LogP contribution in [-0.4, -0.2) is 16.9 Å². The number of nitrogens with zero attached hydrogens (tertiary/aromatic N) is 2. The summed E-state index contributed by atoms with van der Waals surface area (Å²) in [6.07, 6.45) is 2.06. The lowest BCUT2D eigenvalue weighted by molar-refractivity contribution is 0.317. The summed E-state index contributed by atoms with van der Waals surface area (Å²) in [4.78, 5) is 7.42. The van der Waals surface area contributed by atoms with Crippen molar-refractivity contribution in [2.24, 2.45) is 0 Å². The van der Waals surface area contributed by atoms with Gasteiger partial charge in [0, 0.05) is 24.3 Å². The molecule has 0 aliphatic heterocycles. The molecule has 2 nitrogen and oxygen atoms in total. The Kier molecular flexibility index (Phi) is 6.64. The van der Waals surface area contributed by atoms with Crippen molar-refractivity contribution < 1.29 is 0 Å². The van der Waals surface area contributed by atoms with Gasteiger partial charge in [-0.2, -0.15) is 0 Å². The molecule has 3 rings (SSSR count). The van der Waals surface area contributed by atoms with Gasteiger partial charge in [0.15, 0.2) is 0 Å². The molecule has 0 unspecified atom stereocenters. The molecule has 1 heterocycles. The van der Waals surface area contributed by atoms with Gasteiger partial charge in [0.2, 0.25) is 0 Å². The van der Waals surface area contributed by atoms with E-state index < -0.39 is 0 Å². The topological polar surface area (TPSA) is 16.1 Å². The van der Waals surface area contributed by atoms with Crippen molar-refractivity contribution in [3.05, 3.63) is 88.1 Å². The number of aromatic nitrogens is 1. The van der Waals surface area contributed by atoms with Crippen LogP contribution in [0.4, 0.5) is 0 Å². The van der Waals surface area contributed by atoms with Crippen LogP contribution < -0.4 is 0 Å². The third-order valence-electron chi connectivity index (χ3n) is 5.53. The summed E-state index contributed by atoms with van der Waals surface area (Å²) >= 11 is 0. The quantitative estimate of drug-likeness (QED) is 0.496. The first kappa shape index (κ1) is 20.3. The van der Waals surface area contributed by atoms with Crippen molar-refractivity contribution in [2.75, 3.05) is 7.05 Å². The summed E-state index contributed by atoms with van der Waals surface area (Å²) in [5, 5.41) is 0. The van der Waals surface area contributed by atoms with E-state index in [1.54, 1.807) is 0 Å². The summed E-state index contributed by atoms with van der Waals surface area (Å²) in [5.41, 5.74) is 10.4. The zero-order chi connectivity index (χ0) is 20.1. The fourth-order valence-electron chi connectivity index (χ4n) is 4.02. The molecule has 0 fully saturated rings. The maximum atomic E-state index is 5.05. The third kappa shape index (κ3) is 4.51. The van der Waals surface area contributed by atoms with Gasteiger partial charge in [-0.1, -0.05) is 62.4 Å². The van der Waals surface area contributed by atoms with Gasteiger partial charge in [-0.3, -0.25) is 9.88 Å². The van der Waals surface area contributed by atoms with Crippen LogP contribution in [0.1, 0.15) is 47.4 Å². The van der Waals surface area contributed by atoms with Crippen LogP contribution in [0.5, 0.6) is 0 Å². The van der Waals surface area contributed by atoms with E-state index in [9.17, 15) is 0 Å². The molecule has 0 N–H and O–H groups in total. The van der Waals surface area contributed by atoms with Crippen LogP contribution in [0.3, 0.4) is 0 Å². The van der Waals surface area contributed by atoms with E-state index in [4.69, 9.17) is 4.98 Å². The molecule has 0 saturated heterocycles. The minimum Gasteiger partial charge on any atom is -0.298 e. The predicted molar refractivity (Wildman–Crippen MR) is 120 cm³/mol. The van der Waals surface area contributed by atoms with Crippen molar-refractivity contribution in [3.63, 3.8) is 0 Å². The molecule has 0 atom stereocenters. The molecule has 2 heteroatoms. The highest BCUT2D eigenvalue weighted by Crippen LogP contribution is 2.30. The molecule has 28 heavy (non-hydrogen) atoms. The molecule has 1 aromatic heterocycles. The van der Waals surface area contributed by atoms with E-state index in [1.165, 1.54) is 33.4 Å². The number of aryl methyl sites for hydroxylation is 4. The molecular formula is C26H32N2. The van der Waals surface area contributed by atoms with Crippen LogP contribution in [0, 0.1) is 13.8 Å². The first-order valence-corrected chi connectivity index (χ1v) is 10.3. The van der Waals surface area contributed by atoms with Crippen LogP contribution >= 0.6 is 0 Å². The fourth-order valence-corrected chi connectivity index (χ4v) is 4.02. The second kappa shape index (κ2) is 9.16. The van der Waals surface area contributed by atoms with Crippen LogP contribution in [0.2, 0.25) is 0 Å². The van der Waals surface area contributed by atoms with E-state index >= 15 is 0 Å². The van der Waals surface area contributed by atoms with Crippen molar-refractivity contribution in [1.29, 1.82) is 0 Å². The molecule has 0 spiro atoms. The largest absolute Gasteiger partial charge is 0.298 e. The van der Waals surface area contributed by atoms with Crippen LogP contribution in [0.15, 0.2) is 54.6 Å². The molecule has 2 aromatic carbocycles. The van der Waals surface area contributed by atoms with Gasteiger partial charge in [0.25, 0.3) is 0 Å². The van der Waals surface area contributed by atoms with Gasteiger partial charge in [0.1, 0.15) is 0 Å². The Balaban J connectivity index is 1.90. The third-order valence-corrected chi connectivity index (χ3v) is 5.53. The summed E-state index contributed by atoms with van der Waals surface area (Å²) < 4.78 is 0. The SMILES string of the molecule is CCc1cccc(CC)c1-c1cc(C)c(CN(C)Cc2ccccc2)c(C)n1. The van der Waals surface area contributed by atoms with E-state index in [-0.39, 0.29) is 0 Å². The smallest absolute Gasteiger partial charge is 0.0713 e. The van der Waals surface area contributed by atoms with E-state index in [2.05, 4.69) is 94.2 Å². The van der Waals surface area contributed by atoms with Crippen molar-refractivity contribution >= 4 is 0 Å². The van der Waals surface area contributed by atoms with Gasteiger partial charge in [-0.15, -0.1) is 0 Å². The molecule has 0 radical (unpaired) electrons. The normalized spacial score (nSPS) is 11.2. The lowest BCUT2D eigenvalue weighted by Crippen LogP contribution is -2.19. The number of hydrogen-bond acceptors (Lipinski definition) is 2. The van der Waals surface area contributed by atoms with Crippen LogP contribution in [-0.2, 0) is 25.9 Å².